The van der Waals surface area contributed by atoms with Gasteiger partial charge in [-0.25, -0.2) is 14.8 Å². The van der Waals surface area contributed by atoms with Crippen LogP contribution >= 0.6 is 0 Å². The minimum absolute atomic E-state index is 0.0152. The largest absolute Gasteiger partial charge is 0.481 e. The summed E-state index contributed by atoms with van der Waals surface area (Å²) < 4.78 is 0. The van der Waals surface area contributed by atoms with Gasteiger partial charge < -0.3 is 25.6 Å². The first-order valence-electron chi connectivity index (χ1n) is 10.8. The smallest absolute Gasteiger partial charge is 0.409 e. The van der Waals surface area contributed by atoms with Gasteiger partial charge in [0.05, 0.1) is 12.5 Å². The van der Waals surface area contributed by atoms with Gasteiger partial charge in [0, 0.05) is 23.9 Å². The normalized spacial score (nSPS) is 20.0. The summed E-state index contributed by atoms with van der Waals surface area (Å²) in [5, 5.41) is 26.5. The van der Waals surface area contributed by atoms with Crippen molar-refractivity contribution in [2.75, 3.05) is 5.32 Å². The molecule has 1 fully saturated rings. The van der Waals surface area contributed by atoms with Crippen molar-refractivity contribution >= 4 is 47.7 Å². The quantitative estimate of drug-likeness (QED) is 0.296. The molecule has 0 spiro atoms. The van der Waals surface area contributed by atoms with Crippen LogP contribution in [0.5, 0.6) is 0 Å². The number of hydrazine groups is 1. The van der Waals surface area contributed by atoms with E-state index in [-0.39, 0.29) is 36.8 Å². The number of carbonyl (C=O) groups is 7. The lowest BCUT2D eigenvalue weighted by Crippen LogP contribution is -2.62. The summed E-state index contributed by atoms with van der Waals surface area (Å²) in [5.74, 6) is -4.06. The minimum Gasteiger partial charge on any atom is -0.481 e. The van der Waals surface area contributed by atoms with Gasteiger partial charge >= 0.3 is 12.1 Å². The Labute approximate surface area is 203 Å². The summed E-state index contributed by atoms with van der Waals surface area (Å²) in [4.78, 5) is 84.5. The first-order valence-corrected chi connectivity index (χ1v) is 10.8. The van der Waals surface area contributed by atoms with E-state index in [0.29, 0.717) is 0 Å². The Balaban J connectivity index is 1.78. The number of nitrogens with zero attached hydrogens (tertiary/aromatic N) is 2. The van der Waals surface area contributed by atoms with Crippen molar-refractivity contribution in [2.24, 2.45) is 0 Å². The highest BCUT2D eigenvalue weighted by atomic mass is 16.4. The lowest BCUT2D eigenvalue weighted by molar-refractivity contribution is -0.166. The molecule has 1 saturated heterocycles. The molecule has 36 heavy (non-hydrogen) atoms. The molecular formula is C22H23N5O9. The Morgan fingerprint density at radius 3 is 2.42 bits per heavy atom. The van der Waals surface area contributed by atoms with E-state index in [2.05, 4.69) is 16.0 Å². The Hall–Kier alpha value is -4.75. The van der Waals surface area contributed by atoms with E-state index in [0.717, 1.165) is 10.0 Å². The number of carboxylic acid groups (broad SMARTS) is 2. The molecule has 2 aliphatic heterocycles. The fourth-order valence-electron chi connectivity index (χ4n) is 3.76. The van der Waals surface area contributed by atoms with Crippen molar-refractivity contribution in [3.63, 3.8) is 0 Å². The summed E-state index contributed by atoms with van der Waals surface area (Å²) in [5.41, 5.74) is 0.359. The maximum absolute atomic E-state index is 13.4. The third-order valence-corrected chi connectivity index (χ3v) is 5.45. The number of carbonyl (C=O) groups excluding carboxylic acids is 5. The Kier molecular flexibility index (Phi) is 7.99. The number of nitrogens with one attached hydrogen (secondary N) is 3. The molecule has 14 heteroatoms. The lowest BCUT2D eigenvalue weighted by Gasteiger charge is -2.39. The second kappa shape index (κ2) is 11.1. The third-order valence-electron chi connectivity index (χ3n) is 5.45. The van der Waals surface area contributed by atoms with Crippen molar-refractivity contribution in [1.82, 2.24) is 20.7 Å². The summed E-state index contributed by atoms with van der Waals surface area (Å²) in [6.07, 6.45) is 0.963. The molecular weight excluding hydrogens is 478 g/mol. The monoisotopic (exact) mass is 501 g/mol. The van der Waals surface area contributed by atoms with Gasteiger partial charge in [-0.3, -0.25) is 29.3 Å². The van der Waals surface area contributed by atoms with Crippen LogP contribution in [0.2, 0.25) is 0 Å². The van der Waals surface area contributed by atoms with Crippen molar-refractivity contribution in [3.05, 3.63) is 42.1 Å². The molecule has 3 rings (SSSR count). The van der Waals surface area contributed by atoms with Crippen molar-refractivity contribution in [2.45, 2.75) is 43.8 Å². The van der Waals surface area contributed by atoms with E-state index in [4.69, 9.17) is 10.2 Å². The average Bonchev–Trinajstić information content (AvgIpc) is 2.95. The Morgan fingerprint density at radius 1 is 1.11 bits per heavy atom. The summed E-state index contributed by atoms with van der Waals surface area (Å²) in [6, 6.07) is 1.65. The highest BCUT2D eigenvalue weighted by Gasteiger charge is 2.43. The molecule has 14 nitrogen and oxygen atoms in total. The van der Waals surface area contributed by atoms with Crippen LogP contribution < -0.4 is 16.0 Å². The van der Waals surface area contributed by atoms with Crippen LogP contribution in [-0.2, 0) is 24.0 Å². The molecule has 2 heterocycles. The lowest BCUT2D eigenvalue weighted by atomic mass is 10.1. The van der Waals surface area contributed by atoms with E-state index >= 15 is 0 Å². The van der Waals surface area contributed by atoms with Crippen LogP contribution in [0, 0.1) is 0 Å². The number of fused-ring (bicyclic) bond motifs is 1. The van der Waals surface area contributed by atoms with Crippen LogP contribution in [0.3, 0.4) is 0 Å². The van der Waals surface area contributed by atoms with E-state index in [9.17, 15) is 33.6 Å². The molecule has 1 aromatic carbocycles. The van der Waals surface area contributed by atoms with Crippen LogP contribution in [0.4, 0.5) is 10.5 Å². The molecule has 5 amide bonds. The Bertz CT molecular complexity index is 1120. The zero-order valence-corrected chi connectivity index (χ0v) is 18.7. The molecule has 0 unspecified atom stereocenters. The number of rotatable bonds is 8. The zero-order chi connectivity index (χ0) is 26.4. The van der Waals surface area contributed by atoms with Gasteiger partial charge in [0.15, 0.2) is 0 Å². The summed E-state index contributed by atoms with van der Waals surface area (Å²) >= 11 is 0. The standard InChI is InChI=1S/C22H23N5O9/c28-11-14(10-18(30)31)23-20(33)16-2-1-9-26-17(29)8-7-15(21(34)27(16)26)25-19(32)12-3-5-13(6-4-12)24-22(35)36/h1,3-6,9,11,14-16,24H,2,7-8,10H2,(H,23,33)(H,25,32)(H,30,31)(H,35,36)/t14-,15-,16-/m0/s1. The average molecular weight is 501 g/mol. The molecule has 0 aromatic heterocycles. The number of carboxylic acids is 1. The topological polar surface area (TPSA) is 203 Å². The molecule has 0 aliphatic carbocycles. The zero-order valence-electron chi connectivity index (χ0n) is 18.7. The molecule has 5 N–H and O–H groups in total. The third kappa shape index (κ3) is 6.02. The molecule has 2 aliphatic rings. The molecule has 1 aromatic rings. The highest BCUT2D eigenvalue weighted by molar-refractivity contribution is 6.00. The van der Waals surface area contributed by atoms with Crippen molar-refractivity contribution < 1.29 is 43.8 Å². The first kappa shape index (κ1) is 25.9. The van der Waals surface area contributed by atoms with Crippen LogP contribution in [0.15, 0.2) is 36.5 Å². The molecule has 190 valence electrons. The van der Waals surface area contributed by atoms with Gasteiger partial charge in [0.25, 0.3) is 11.8 Å². The van der Waals surface area contributed by atoms with Gasteiger partial charge in [0.2, 0.25) is 11.8 Å². The number of benzene rings is 1. The predicted octanol–water partition coefficient (Wildman–Crippen LogP) is -0.315. The number of aldehydes is 1. The number of amides is 5. The minimum atomic E-state index is -1.33. The molecule has 0 radical (unpaired) electrons. The second-order valence-electron chi connectivity index (χ2n) is 7.98. The van der Waals surface area contributed by atoms with E-state index in [1.54, 1.807) is 0 Å². The van der Waals surface area contributed by atoms with E-state index in [1.807, 2.05) is 0 Å². The summed E-state index contributed by atoms with van der Waals surface area (Å²) in [7, 11) is 0. The number of hydrogen-bond donors (Lipinski definition) is 5. The van der Waals surface area contributed by atoms with Crippen molar-refractivity contribution in [3.8, 4) is 0 Å². The fraction of sp³-hybridized carbons (Fsp3) is 0.318. The summed E-state index contributed by atoms with van der Waals surface area (Å²) in [6.45, 7) is 0. The van der Waals surface area contributed by atoms with Gasteiger partial charge in [-0.05, 0) is 37.1 Å². The van der Waals surface area contributed by atoms with E-state index < -0.39 is 60.2 Å². The molecule has 0 saturated carbocycles. The number of aliphatic carboxylic acids is 1. The van der Waals surface area contributed by atoms with Crippen molar-refractivity contribution in [1.29, 1.82) is 0 Å². The fourth-order valence-corrected chi connectivity index (χ4v) is 3.76. The number of hydrogen-bond acceptors (Lipinski definition) is 7. The van der Waals surface area contributed by atoms with E-state index in [1.165, 1.54) is 36.5 Å². The molecule has 3 atom stereocenters. The maximum atomic E-state index is 13.4. The van der Waals surface area contributed by atoms with Gasteiger partial charge in [-0.15, -0.1) is 0 Å². The van der Waals surface area contributed by atoms with Gasteiger partial charge in [-0.1, -0.05) is 6.08 Å². The Morgan fingerprint density at radius 2 is 1.81 bits per heavy atom. The highest BCUT2D eigenvalue weighted by Crippen LogP contribution is 2.24. The van der Waals surface area contributed by atoms with Gasteiger partial charge in [-0.2, -0.15) is 0 Å². The predicted molar refractivity (Wildman–Crippen MR) is 120 cm³/mol. The second-order valence-corrected chi connectivity index (χ2v) is 7.98. The van der Waals surface area contributed by atoms with Gasteiger partial charge in [0.1, 0.15) is 18.4 Å². The molecule has 0 bridgehead atoms. The van der Waals surface area contributed by atoms with Crippen LogP contribution in [0.1, 0.15) is 36.0 Å². The maximum Gasteiger partial charge on any atom is 0.409 e. The first-order chi connectivity index (χ1) is 17.1. The van der Waals surface area contributed by atoms with Crippen LogP contribution in [-0.4, -0.2) is 80.3 Å². The SMILES string of the molecule is O=C[C@H](CC(=O)O)NC(=O)[C@@H]1CC=CN2C(=O)CC[C@H](NC(=O)c3ccc(NC(=O)O)cc3)C(=O)N12. The van der Waals surface area contributed by atoms with Crippen LogP contribution in [0.25, 0.3) is 0 Å². The number of anilines is 1.